The van der Waals surface area contributed by atoms with E-state index in [0.717, 1.165) is 55.3 Å². The summed E-state index contributed by atoms with van der Waals surface area (Å²) in [6, 6.07) is 0. The van der Waals surface area contributed by atoms with Gasteiger partial charge in [-0.25, -0.2) is 0 Å². The van der Waals surface area contributed by atoms with Crippen molar-refractivity contribution in [3.63, 3.8) is 0 Å². The fourth-order valence-electron chi connectivity index (χ4n) is 8.74. The zero-order valence-corrected chi connectivity index (χ0v) is 15.3. The third-order valence-electron chi connectivity index (χ3n) is 9.83. The number of hydrogen-bond donors (Lipinski definition) is 1. The molecule has 2 nitrogen and oxygen atoms in total. The fourth-order valence-corrected chi connectivity index (χ4v) is 8.74. The normalized spacial score (nSPS) is 56.8. The molecule has 0 aromatic rings. The molecule has 5 aliphatic carbocycles. The highest BCUT2D eigenvalue weighted by molar-refractivity contribution is 5.80. The molecule has 5 aliphatic rings. The van der Waals surface area contributed by atoms with E-state index in [1.807, 2.05) is 0 Å². The molecule has 4 unspecified atom stereocenters. The van der Waals surface area contributed by atoms with Gasteiger partial charge in [0, 0.05) is 12.8 Å². The molecule has 0 radical (unpaired) electrons. The van der Waals surface area contributed by atoms with Gasteiger partial charge < -0.3 is 5.11 Å². The summed E-state index contributed by atoms with van der Waals surface area (Å²) in [5.41, 5.74) is 0.883. The van der Waals surface area contributed by atoms with E-state index in [1.54, 1.807) is 0 Å². The second-order valence-corrected chi connectivity index (χ2v) is 10.4. The maximum atomic E-state index is 12.3. The van der Waals surface area contributed by atoms with Gasteiger partial charge in [-0.1, -0.05) is 6.92 Å². The van der Waals surface area contributed by atoms with E-state index in [4.69, 9.17) is 0 Å². The molecule has 0 bridgehead atoms. The Balaban J connectivity index is 1.45. The molecular formula is C22H34O2. The molecular weight excluding hydrogens is 296 g/mol. The number of aliphatic hydroxyl groups is 1. The Labute approximate surface area is 146 Å². The van der Waals surface area contributed by atoms with Gasteiger partial charge in [0.25, 0.3) is 0 Å². The molecule has 5 fully saturated rings. The smallest absolute Gasteiger partial charge is 0.133 e. The van der Waals surface area contributed by atoms with E-state index < -0.39 is 0 Å². The third kappa shape index (κ3) is 2.01. The van der Waals surface area contributed by atoms with Crippen LogP contribution in [0.15, 0.2) is 0 Å². The van der Waals surface area contributed by atoms with Crippen molar-refractivity contribution in [2.45, 2.75) is 90.1 Å². The van der Waals surface area contributed by atoms with Gasteiger partial charge in [-0.3, -0.25) is 4.79 Å². The number of rotatable bonds is 0. The lowest BCUT2D eigenvalue weighted by Gasteiger charge is -2.62. The minimum absolute atomic E-state index is 0.0404. The predicted octanol–water partition coefficient (Wildman–Crippen LogP) is 4.74. The summed E-state index contributed by atoms with van der Waals surface area (Å²) in [5, 5.41) is 10.2. The Morgan fingerprint density at radius 3 is 2.62 bits per heavy atom. The molecule has 2 heteroatoms. The average molecular weight is 331 g/mol. The largest absolute Gasteiger partial charge is 0.393 e. The summed E-state index contributed by atoms with van der Waals surface area (Å²) >= 11 is 0. The van der Waals surface area contributed by atoms with E-state index in [2.05, 4.69) is 6.92 Å². The van der Waals surface area contributed by atoms with Gasteiger partial charge in [-0.15, -0.1) is 0 Å². The second-order valence-electron chi connectivity index (χ2n) is 10.4. The van der Waals surface area contributed by atoms with Crippen LogP contribution in [0, 0.1) is 40.4 Å². The molecule has 0 amide bonds. The quantitative estimate of drug-likeness (QED) is 0.696. The van der Waals surface area contributed by atoms with Crippen LogP contribution in [0.2, 0.25) is 0 Å². The van der Waals surface area contributed by atoms with E-state index in [9.17, 15) is 9.90 Å². The highest BCUT2D eigenvalue weighted by atomic mass is 16.3. The Hall–Kier alpha value is -0.370. The molecule has 8 atom stereocenters. The van der Waals surface area contributed by atoms with E-state index in [-0.39, 0.29) is 6.10 Å². The molecule has 24 heavy (non-hydrogen) atoms. The minimum atomic E-state index is -0.0404. The van der Waals surface area contributed by atoms with Gasteiger partial charge in [0.1, 0.15) is 5.78 Å². The monoisotopic (exact) mass is 330 g/mol. The van der Waals surface area contributed by atoms with Crippen LogP contribution in [-0.2, 0) is 4.79 Å². The molecule has 1 N–H and O–H groups in total. The number of carbonyl (C=O) groups excluding carboxylic acids is 1. The summed E-state index contributed by atoms with van der Waals surface area (Å²) in [4.78, 5) is 12.3. The first-order chi connectivity index (χ1) is 11.5. The van der Waals surface area contributed by atoms with E-state index >= 15 is 0 Å². The molecule has 0 aromatic heterocycles. The van der Waals surface area contributed by atoms with Gasteiger partial charge in [0.15, 0.2) is 0 Å². The summed E-state index contributed by atoms with van der Waals surface area (Å²) in [5.74, 6) is 4.77. The minimum Gasteiger partial charge on any atom is -0.393 e. The first kappa shape index (κ1) is 15.9. The van der Waals surface area contributed by atoms with Crippen LogP contribution in [0.25, 0.3) is 0 Å². The first-order valence-electron chi connectivity index (χ1n) is 10.7. The topological polar surface area (TPSA) is 37.3 Å². The summed E-state index contributed by atoms with van der Waals surface area (Å²) in [6.07, 6.45) is 14.5. The van der Waals surface area contributed by atoms with Gasteiger partial charge in [-0.05, 0) is 105 Å². The molecule has 0 saturated heterocycles. The van der Waals surface area contributed by atoms with Crippen molar-refractivity contribution in [3.8, 4) is 0 Å². The Bertz CT molecular complexity index is 542. The SMILES string of the molecule is C[C@]12CC[C@@H](O)C[C@@H]1CCC1C3CCC4CCC(=O)C[C@@]43CCC12. The zero-order valence-electron chi connectivity index (χ0n) is 15.3. The molecule has 0 heterocycles. The molecule has 5 rings (SSSR count). The first-order valence-corrected chi connectivity index (χ1v) is 10.7. The third-order valence-corrected chi connectivity index (χ3v) is 9.83. The second kappa shape index (κ2) is 5.32. The lowest BCUT2D eigenvalue weighted by Crippen LogP contribution is -2.55. The Morgan fingerprint density at radius 2 is 1.75 bits per heavy atom. The summed E-state index contributed by atoms with van der Waals surface area (Å²) < 4.78 is 0. The van der Waals surface area contributed by atoms with Crippen molar-refractivity contribution < 1.29 is 9.90 Å². The van der Waals surface area contributed by atoms with Gasteiger partial charge >= 0.3 is 0 Å². The molecule has 1 spiro atoms. The van der Waals surface area contributed by atoms with Crippen LogP contribution in [0.3, 0.4) is 0 Å². The Morgan fingerprint density at radius 1 is 0.917 bits per heavy atom. The predicted molar refractivity (Wildman–Crippen MR) is 94.4 cm³/mol. The molecule has 5 saturated carbocycles. The maximum absolute atomic E-state index is 12.3. The van der Waals surface area contributed by atoms with Gasteiger partial charge in [-0.2, -0.15) is 0 Å². The molecule has 0 aliphatic heterocycles. The van der Waals surface area contributed by atoms with Crippen LogP contribution in [0.5, 0.6) is 0 Å². The number of fused-ring (bicyclic) bond motifs is 4. The average Bonchev–Trinajstić information content (AvgIpc) is 2.94. The number of carbonyl (C=O) groups is 1. The van der Waals surface area contributed by atoms with Crippen molar-refractivity contribution in [2.75, 3.05) is 0 Å². The highest BCUT2D eigenvalue weighted by Gasteiger charge is 2.62. The zero-order chi connectivity index (χ0) is 16.5. The van der Waals surface area contributed by atoms with Crippen LogP contribution >= 0.6 is 0 Å². The number of aliphatic hydroxyl groups excluding tert-OH is 1. The van der Waals surface area contributed by atoms with Crippen molar-refractivity contribution in [3.05, 3.63) is 0 Å². The van der Waals surface area contributed by atoms with Crippen LogP contribution < -0.4 is 0 Å². The molecule has 134 valence electrons. The lowest BCUT2D eigenvalue weighted by molar-refractivity contribution is -0.147. The maximum Gasteiger partial charge on any atom is 0.133 e. The standard InChI is InChI=1S/C22H34O2/c1-21-10-8-16(23)12-15(21)3-6-18-19(21)9-11-22-13-17(24)5-2-14(22)4-7-20(18)22/h14-16,18-20,23H,2-13H2,1H3/t14?,15-,16+,18?,19?,20?,21-,22-/m0/s1. The summed E-state index contributed by atoms with van der Waals surface area (Å²) in [7, 11) is 0. The van der Waals surface area contributed by atoms with Gasteiger partial charge in [0.2, 0.25) is 0 Å². The fraction of sp³-hybridized carbons (Fsp3) is 0.955. The van der Waals surface area contributed by atoms with Crippen LogP contribution in [0.4, 0.5) is 0 Å². The Kier molecular flexibility index (Phi) is 3.51. The van der Waals surface area contributed by atoms with Crippen molar-refractivity contribution in [1.82, 2.24) is 0 Å². The number of Topliss-reactive ketones (excluding diaryl/α,β-unsaturated/α-hetero) is 1. The lowest BCUT2D eigenvalue weighted by atomic mass is 9.43. The van der Waals surface area contributed by atoms with Crippen molar-refractivity contribution >= 4 is 5.78 Å². The number of hydrogen-bond acceptors (Lipinski definition) is 2. The van der Waals surface area contributed by atoms with E-state index in [1.165, 1.54) is 51.4 Å². The molecule has 0 aromatic carbocycles. The van der Waals surface area contributed by atoms with Crippen LogP contribution in [0.1, 0.15) is 84.0 Å². The van der Waals surface area contributed by atoms with Crippen molar-refractivity contribution in [2.24, 2.45) is 40.4 Å². The van der Waals surface area contributed by atoms with Crippen molar-refractivity contribution in [1.29, 1.82) is 0 Å². The number of ketones is 1. The van der Waals surface area contributed by atoms with E-state index in [0.29, 0.717) is 16.6 Å². The highest BCUT2D eigenvalue weighted by Crippen LogP contribution is 2.69. The summed E-state index contributed by atoms with van der Waals surface area (Å²) in [6.45, 7) is 2.57. The van der Waals surface area contributed by atoms with Gasteiger partial charge in [0.05, 0.1) is 6.10 Å². The van der Waals surface area contributed by atoms with Crippen LogP contribution in [-0.4, -0.2) is 17.0 Å².